The molecule has 114 valence electrons. The summed E-state index contributed by atoms with van der Waals surface area (Å²) in [6.07, 6.45) is 0. The average molecular weight is 361 g/mol. The quantitative estimate of drug-likeness (QED) is 0.757. The van der Waals surface area contributed by atoms with Crippen LogP contribution in [0.4, 0.5) is 5.82 Å². The molecule has 0 aliphatic carbocycles. The minimum absolute atomic E-state index is 0.267. The van der Waals surface area contributed by atoms with Crippen LogP contribution in [0.2, 0.25) is 0 Å². The van der Waals surface area contributed by atoms with Crippen molar-refractivity contribution in [3.8, 4) is 0 Å². The molecule has 1 unspecified atom stereocenters. The van der Waals surface area contributed by atoms with Crippen LogP contribution >= 0.6 is 15.9 Å². The molecule has 2 heterocycles. The second-order valence-corrected chi connectivity index (χ2v) is 5.94. The fourth-order valence-corrected chi connectivity index (χ4v) is 2.67. The summed E-state index contributed by atoms with van der Waals surface area (Å²) in [7, 11) is 4.15. The summed E-state index contributed by atoms with van der Waals surface area (Å²) in [5.74, 6) is 0.788. The first-order valence-corrected chi connectivity index (χ1v) is 7.77. The highest BCUT2D eigenvalue weighted by Crippen LogP contribution is 2.19. The van der Waals surface area contributed by atoms with Crippen molar-refractivity contribution < 1.29 is 0 Å². The van der Waals surface area contributed by atoms with Crippen LogP contribution in [0.1, 0.15) is 11.6 Å². The summed E-state index contributed by atoms with van der Waals surface area (Å²) in [6.45, 7) is 0.759. The van der Waals surface area contributed by atoms with Gasteiger partial charge in [0.05, 0.1) is 6.04 Å². The number of aromatic nitrogens is 4. The van der Waals surface area contributed by atoms with E-state index in [1.165, 1.54) is 5.56 Å². The van der Waals surface area contributed by atoms with Crippen LogP contribution in [0, 0.1) is 0 Å². The molecule has 0 bridgehead atoms. The second kappa shape index (κ2) is 6.41. The first-order chi connectivity index (χ1) is 10.6. The van der Waals surface area contributed by atoms with Gasteiger partial charge in [0.1, 0.15) is 5.82 Å². The Balaban J connectivity index is 1.77. The van der Waals surface area contributed by atoms with Gasteiger partial charge in [0.2, 0.25) is 4.73 Å². The first-order valence-electron chi connectivity index (χ1n) is 6.98. The Bertz CT molecular complexity index is 755. The summed E-state index contributed by atoms with van der Waals surface area (Å²) in [4.78, 5) is 2.19. The fraction of sp³-hybridized carbons (Fsp3) is 0.267. The van der Waals surface area contributed by atoms with Gasteiger partial charge < -0.3 is 10.2 Å². The molecule has 0 fully saturated rings. The molecule has 0 amide bonds. The molecule has 2 aromatic heterocycles. The van der Waals surface area contributed by atoms with Gasteiger partial charge in [-0.3, -0.25) is 0 Å². The topological polar surface area (TPSA) is 58.3 Å². The SMILES string of the molecule is CN(C)C(CNc1ccc2nnc(Br)n2n1)c1ccccc1. The molecule has 3 aromatic rings. The molecule has 0 aliphatic heterocycles. The van der Waals surface area contributed by atoms with E-state index < -0.39 is 0 Å². The molecule has 1 N–H and O–H groups in total. The fourth-order valence-electron chi connectivity index (χ4n) is 2.33. The highest BCUT2D eigenvalue weighted by molar-refractivity contribution is 9.10. The van der Waals surface area contributed by atoms with Crippen molar-refractivity contribution in [1.29, 1.82) is 0 Å². The van der Waals surface area contributed by atoms with Gasteiger partial charge in [0, 0.05) is 6.54 Å². The standard InChI is InChI=1S/C15H17BrN6/c1-21(2)12(11-6-4-3-5-7-11)10-17-13-8-9-14-18-19-15(16)22(14)20-13/h3-9,12H,10H2,1-2H3,(H,17,20). The number of likely N-dealkylation sites (N-methyl/N-ethyl adjacent to an activating group) is 1. The normalized spacial score (nSPS) is 12.7. The van der Waals surface area contributed by atoms with Crippen LogP contribution in [-0.2, 0) is 0 Å². The monoisotopic (exact) mass is 360 g/mol. The van der Waals surface area contributed by atoms with E-state index in [9.17, 15) is 0 Å². The van der Waals surface area contributed by atoms with Crippen LogP contribution in [0.3, 0.4) is 0 Å². The number of nitrogens with one attached hydrogen (secondary N) is 1. The van der Waals surface area contributed by atoms with E-state index in [4.69, 9.17) is 0 Å². The molecule has 1 aromatic carbocycles. The molecule has 6 nitrogen and oxygen atoms in total. The predicted octanol–water partition coefficient (Wildman–Crippen LogP) is 2.60. The number of fused-ring (bicyclic) bond motifs is 1. The van der Waals surface area contributed by atoms with Crippen molar-refractivity contribution in [2.24, 2.45) is 0 Å². The Morgan fingerprint density at radius 2 is 1.91 bits per heavy atom. The van der Waals surface area contributed by atoms with Crippen molar-refractivity contribution >= 4 is 27.4 Å². The van der Waals surface area contributed by atoms with E-state index in [0.717, 1.165) is 12.4 Å². The van der Waals surface area contributed by atoms with Crippen LogP contribution in [0.15, 0.2) is 47.2 Å². The van der Waals surface area contributed by atoms with Crippen molar-refractivity contribution in [3.63, 3.8) is 0 Å². The Kier molecular flexibility index (Phi) is 4.35. The Hall–Kier alpha value is -1.99. The summed E-state index contributed by atoms with van der Waals surface area (Å²) >= 11 is 3.33. The number of hydrogen-bond donors (Lipinski definition) is 1. The van der Waals surface area contributed by atoms with Gasteiger partial charge in [-0.05, 0) is 47.7 Å². The number of anilines is 1. The molecular formula is C15H17BrN6. The van der Waals surface area contributed by atoms with Crippen molar-refractivity contribution in [1.82, 2.24) is 24.7 Å². The maximum atomic E-state index is 4.47. The van der Waals surface area contributed by atoms with Crippen LogP contribution in [0.5, 0.6) is 0 Å². The molecule has 0 aliphatic rings. The molecule has 0 saturated carbocycles. The maximum absolute atomic E-state index is 4.47. The Morgan fingerprint density at radius 1 is 1.14 bits per heavy atom. The lowest BCUT2D eigenvalue weighted by Crippen LogP contribution is -2.27. The number of rotatable bonds is 5. The van der Waals surface area contributed by atoms with Gasteiger partial charge in [-0.15, -0.1) is 15.3 Å². The lowest BCUT2D eigenvalue weighted by molar-refractivity contribution is 0.311. The predicted molar refractivity (Wildman–Crippen MR) is 89.8 cm³/mol. The zero-order valence-corrected chi connectivity index (χ0v) is 14.0. The van der Waals surface area contributed by atoms with E-state index in [1.54, 1.807) is 4.52 Å². The van der Waals surface area contributed by atoms with Crippen LogP contribution in [-0.4, -0.2) is 45.4 Å². The van der Waals surface area contributed by atoms with Gasteiger partial charge in [-0.2, -0.15) is 4.52 Å². The average Bonchev–Trinajstić information content (AvgIpc) is 2.89. The smallest absolute Gasteiger partial charge is 0.221 e. The van der Waals surface area contributed by atoms with Gasteiger partial charge >= 0.3 is 0 Å². The van der Waals surface area contributed by atoms with E-state index in [1.807, 2.05) is 18.2 Å². The van der Waals surface area contributed by atoms with E-state index in [-0.39, 0.29) is 6.04 Å². The van der Waals surface area contributed by atoms with Gasteiger partial charge in [-0.25, -0.2) is 0 Å². The number of nitrogens with zero attached hydrogens (tertiary/aromatic N) is 5. The number of benzene rings is 1. The van der Waals surface area contributed by atoms with Gasteiger partial charge in [0.25, 0.3) is 0 Å². The minimum atomic E-state index is 0.267. The molecule has 3 rings (SSSR count). The van der Waals surface area contributed by atoms with Crippen molar-refractivity contribution in [3.05, 3.63) is 52.8 Å². The molecule has 22 heavy (non-hydrogen) atoms. The zero-order chi connectivity index (χ0) is 15.5. The summed E-state index contributed by atoms with van der Waals surface area (Å²) in [6, 6.07) is 14.5. The molecule has 7 heteroatoms. The molecule has 0 spiro atoms. The molecular weight excluding hydrogens is 344 g/mol. The first kappa shape index (κ1) is 14.9. The van der Waals surface area contributed by atoms with Crippen molar-refractivity contribution in [2.45, 2.75) is 6.04 Å². The van der Waals surface area contributed by atoms with Gasteiger partial charge in [0.15, 0.2) is 5.65 Å². The molecule has 0 radical (unpaired) electrons. The van der Waals surface area contributed by atoms with Crippen LogP contribution in [0.25, 0.3) is 5.65 Å². The third kappa shape index (κ3) is 3.10. The highest BCUT2D eigenvalue weighted by Gasteiger charge is 2.14. The van der Waals surface area contributed by atoms with Crippen molar-refractivity contribution in [2.75, 3.05) is 26.0 Å². The van der Waals surface area contributed by atoms with E-state index in [0.29, 0.717) is 10.4 Å². The lowest BCUT2D eigenvalue weighted by Gasteiger charge is -2.25. The van der Waals surface area contributed by atoms with Crippen LogP contribution < -0.4 is 5.32 Å². The summed E-state index contributed by atoms with van der Waals surface area (Å²) < 4.78 is 2.26. The number of halogens is 1. The largest absolute Gasteiger partial charge is 0.367 e. The summed E-state index contributed by atoms with van der Waals surface area (Å²) in [5, 5.41) is 15.8. The third-order valence-electron chi connectivity index (χ3n) is 3.51. The zero-order valence-electron chi connectivity index (χ0n) is 12.4. The van der Waals surface area contributed by atoms with E-state index >= 15 is 0 Å². The third-order valence-corrected chi connectivity index (χ3v) is 4.00. The number of hydrogen-bond acceptors (Lipinski definition) is 5. The second-order valence-electron chi connectivity index (χ2n) is 5.23. The maximum Gasteiger partial charge on any atom is 0.221 e. The lowest BCUT2D eigenvalue weighted by atomic mass is 10.1. The Morgan fingerprint density at radius 3 is 2.64 bits per heavy atom. The highest BCUT2D eigenvalue weighted by atomic mass is 79.9. The summed E-state index contributed by atoms with van der Waals surface area (Å²) in [5.41, 5.74) is 1.98. The molecule has 0 saturated heterocycles. The van der Waals surface area contributed by atoms with Gasteiger partial charge in [-0.1, -0.05) is 30.3 Å². The molecule has 1 atom stereocenters. The Labute approximate surface area is 137 Å². The van der Waals surface area contributed by atoms with E-state index in [2.05, 4.69) is 79.8 Å². The minimum Gasteiger partial charge on any atom is -0.367 e.